The van der Waals surface area contributed by atoms with E-state index >= 15 is 0 Å². The smallest absolute Gasteiger partial charge is 0.0477 e. The van der Waals surface area contributed by atoms with Crippen molar-refractivity contribution in [3.63, 3.8) is 0 Å². The van der Waals surface area contributed by atoms with Crippen LogP contribution in [0.25, 0.3) is 0 Å². The molecule has 0 aliphatic rings. The van der Waals surface area contributed by atoms with E-state index < -0.39 is 0 Å². The van der Waals surface area contributed by atoms with Gasteiger partial charge < -0.3 is 10.1 Å². The number of methoxy groups -OCH3 is 1. The third-order valence-corrected chi connectivity index (χ3v) is 2.49. The van der Waals surface area contributed by atoms with Gasteiger partial charge in [-0.3, -0.25) is 0 Å². The maximum absolute atomic E-state index is 5.12. The van der Waals surface area contributed by atoms with Crippen LogP contribution in [0.3, 0.4) is 0 Å². The first-order valence-electron chi connectivity index (χ1n) is 5.63. The summed E-state index contributed by atoms with van der Waals surface area (Å²) in [6, 6.07) is 11.1. The molecule has 0 fully saturated rings. The zero-order valence-electron chi connectivity index (χ0n) is 9.70. The topological polar surface area (TPSA) is 21.3 Å². The second-order valence-corrected chi connectivity index (χ2v) is 3.73. The van der Waals surface area contributed by atoms with Gasteiger partial charge in [-0.15, -0.1) is 0 Å². The van der Waals surface area contributed by atoms with Gasteiger partial charge in [0.25, 0.3) is 0 Å². The largest absolute Gasteiger partial charge is 0.385 e. The summed E-state index contributed by atoms with van der Waals surface area (Å²) in [7, 11) is 1.76. The van der Waals surface area contributed by atoms with Gasteiger partial charge in [0.2, 0.25) is 0 Å². The van der Waals surface area contributed by atoms with Crippen LogP contribution in [0, 0.1) is 0 Å². The van der Waals surface area contributed by atoms with E-state index in [0.29, 0.717) is 6.04 Å². The van der Waals surface area contributed by atoms with E-state index in [1.54, 1.807) is 7.11 Å². The van der Waals surface area contributed by atoms with Gasteiger partial charge in [-0.05, 0) is 24.9 Å². The fourth-order valence-corrected chi connectivity index (χ4v) is 1.72. The molecule has 1 aromatic carbocycles. The Morgan fingerprint density at radius 3 is 2.60 bits per heavy atom. The Hall–Kier alpha value is -0.860. The molecule has 0 heterocycles. The van der Waals surface area contributed by atoms with Crippen molar-refractivity contribution in [2.45, 2.75) is 25.8 Å². The first-order valence-corrected chi connectivity index (χ1v) is 5.63. The summed E-state index contributed by atoms with van der Waals surface area (Å²) in [6.45, 7) is 3.98. The first-order chi connectivity index (χ1) is 7.36. The zero-order valence-corrected chi connectivity index (χ0v) is 9.70. The van der Waals surface area contributed by atoms with E-state index in [4.69, 9.17) is 4.74 Å². The molecule has 0 amide bonds. The summed E-state index contributed by atoms with van der Waals surface area (Å²) >= 11 is 0. The predicted octanol–water partition coefficient (Wildman–Crippen LogP) is 2.24. The molecule has 0 aliphatic carbocycles. The minimum atomic E-state index is 0.525. The Bertz CT molecular complexity index is 248. The van der Waals surface area contributed by atoms with Crippen molar-refractivity contribution in [2.24, 2.45) is 0 Å². The molecule has 2 heteroatoms. The molecule has 0 bridgehead atoms. The molecule has 2 nitrogen and oxygen atoms in total. The Kier molecular flexibility index (Phi) is 6.05. The third kappa shape index (κ3) is 4.96. The highest BCUT2D eigenvalue weighted by atomic mass is 16.5. The van der Waals surface area contributed by atoms with Crippen LogP contribution in [0.5, 0.6) is 0 Å². The van der Waals surface area contributed by atoms with Crippen molar-refractivity contribution in [2.75, 3.05) is 20.3 Å². The van der Waals surface area contributed by atoms with Gasteiger partial charge in [0.05, 0.1) is 0 Å². The number of hydrogen-bond donors (Lipinski definition) is 1. The van der Waals surface area contributed by atoms with Gasteiger partial charge in [-0.2, -0.15) is 0 Å². The Labute approximate surface area is 92.6 Å². The quantitative estimate of drug-likeness (QED) is 0.740. The molecule has 1 atom stereocenters. The fraction of sp³-hybridized carbons (Fsp3) is 0.538. The highest BCUT2D eigenvalue weighted by molar-refractivity contribution is 5.15. The van der Waals surface area contributed by atoms with Crippen molar-refractivity contribution in [1.29, 1.82) is 0 Å². The van der Waals surface area contributed by atoms with Gasteiger partial charge in [0.1, 0.15) is 0 Å². The van der Waals surface area contributed by atoms with Crippen LogP contribution < -0.4 is 5.32 Å². The van der Waals surface area contributed by atoms with Crippen LogP contribution in [0.2, 0.25) is 0 Å². The van der Waals surface area contributed by atoms with Gasteiger partial charge in [-0.25, -0.2) is 0 Å². The Balaban J connectivity index is 2.43. The van der Waals surface area contributed by atoms with Crippen LogP contribution in [-0.4, -0.2) is 26.3 Å². The van der Waals surface area contributed by atoms with Crippen LogP contribution >= 0.6 is 0 Å². The van der Waals surface area contributed by atoms with Crippen LogP contribution in [0.4, 0.5) is 0 Å². The average molecular weight is 207 g/mol. The molecule has 0 saturated carbocycles. The summed E-state index contributed by atoms with van der Waals surface area (Å²) in [6.07, 6.45) is 2.15. The molecular formula is C13H21NO. The minimum Gasteiger partial charge on any atom is -0.385 e. The van der Waals surface area contributed by atoms with Gasteiger partial charge in [-0.1, -0.05) is 37.3 Å². The lowest BCUT2D eigenvalue weighted by Gasteiger charge is -2.17. The number of benzene rings is 1. The van der Waals surface area contributed by atoms with Crippen LogP contribution in [-0.2, 0) is 11.2 Å². The van der Waals surface area contributed by atoms with Crippen molar-refractivity contribution in [1.82, 2.24) is 5.32 Å². The predicted molar refractivity (Wildman–Crippen MR) is 64.1 cm³/mol. The molecule has 1 rings (SSSR count). The summed E-state index contributed by atoms with van der Waals surface area (Å²) in [5.41, 5.74) is 1.39. The summed E-state index contributed by atoms with van der Waals surface area (Å²) < 4.78 is 5.12. The molecule has 0 spiro atoms. The van der Waals surface area contributed by atoms with Gasteiger partial charge in [0.15, 0.2) is 0 Å². The number of nitrogens with one attached hydrogen (secondary N) is 1. The van der Waals surface area contributed by atoms with Gasteiger partial charge >= 0.3 is 0 Å². The summed E-state index contributed by atoms with van der Waals surface area (Å²) in [5.74, 6) is 0. The lowest BCUT2D eigenvalue weighted by Crippen LogP contribution is -2.32. The number of ether oxygens (including phenoxy) is 1. The van der Waals surface area contributed by atoms with Gasteiger partial charge in [0, 0.05) is 19.8 Å². The van der Waals surface area contributed by atoms with Crippen LogP contribution in [0.1, 0.15) is 18.9 Å². The van der Waals surface area contributed by atoms with E-state index in [2.05, 4.69) is 42.6 Å². The highest BCUT2D eigenvalue weighted by Gasteiger charge is 2.07. The van der Waals surface area contributed by atoms with Crippen molar-refractivity contribution < 1.29 is 4.74 Å². The fourth-order valence-electron chi connectivity index (χ4n) is 1.72. The van der Waals surface area contributed by atoms with E-state index in [9.17, 15) is 0 Å². The number of hydrogen-bond acceptors (Lipinski definition) is 2. The maximum Gasteiger partial charge on any atom is 0.0477 e. The SMILES string of the molecule is CCNC(CCOC)Cc1ccccc1. The van der Waals surface area contributed by atoms with E-state index in [1.807, 2.05) is 0 Å². The van der Waals surface area contributed by atoms with Crippen molar-refractivity contribution in [3.05, 3.63) is 35.9 Å². The summed E-state index contributed by atoms with van der Waals surface area (Å²) in [4.78, 5) is 0. The van der Waals surface area contributed by atoms with Crippen LogP contribution in [0.15, 0.2) is 30.3 Å². The Morgan fingerprint density at radius 2 is 2.00 bits per heavy atom. The lowest BCUT2D eigenvalue weighted by atomic mass is 10.0. The van der Waals surface area contributed by atoms with E-state index in [-0.39, 0.29) is 0 Å². The highest BCUT2D eigenvalue weighted by Crippen LogP contribution is 2.05. The number of likely N-dealkylation sites (N-methyl/N-ethyl adjacent to an activating group) is 1. The normalized spacial score (nSPS) is 12.7. The van der Waals surface area contributed by atoms with E-state index in [1.165, 1.54) is 5.56 Å². The average Bonchev–Trinajstić information content (AvgIpc) is 2.28. The standard InChI is InChI=1S/C13H21NO/c1-3-14-13(9-10-15-2)11-12-7-5-4-6-8-12/h4-8,13-14H,3,9-11H2,1-2H3. The summed E-state index contributed by atoms with van der Waals surface area (Å²) in [5, 5.41) is 3.49. The molecular weight excluding hydrogens is 186 g/mol. The lowest BCUT2D eigenvalue weighted by molar-refractivity contribution is 0.183. The molecule has 84 valence electrons. The van der Waals surface area contributed by atoms with E-state index in [0.717, 1.165) is 26.0 Å². The second-order valence-electron chi connectivity index (χ2n) is 3.73. The molecule has 0 aliphatic heterocycles. The minimum absolute atomic E-state index is 0.525. The molecule has 0 radical (unpaired) electrons. The first kappa shape index (κ1) is 12.2. The zero-order chi connectivity index (χ0) is 10.9. The Morgan fingerprint density at radius 1 is 1.27 bits per heavy atom. The monoisotopic (exact) mass is 207 g/mol. The second kappa shape index (κ2) is 7.43. The molecule has 1 aromatic rings. The van der Waals surface area contributed by atoms with Crippen molar-refractivity contribution >= 4 is 0 Å². The van der Waals surface area contributed by atoms with Crippen molar-refractivity contribution in [3.8, 4) is 0 Å². The molecule has 1 N–H and O–H groups in total. The molecule has 15 heavy (non-hydrogen) atoms. The third-order valence-electron chi connectivity index (χ3n) is 2.49. The molecule has 1 unspecified atom stereocenters. The molecule has 0 saturated heterocycles. The number of rotatable bonds is 7. The maximum atomic E-state index is 5.12. The molecule has 0 aromatic heterocycles.